The van der Waals surface area contributed by atoms with Crippen LogP contribution in [0.2, 0.25) is 0 Å². The third-order valence-corrected chi connectivity index (χ3v) is 3.96. The van der Waals surface area contributed by atoms with Crippen LogP contribution in [-0.2, 0) is 7.05 Å². The van der Waals surface area contributed by atoms with Crippen molar-refractivity contribution in [3.63, 3.8) is 0 Å². The van der Waals surface area contributed by atoms with Crippen molar-refractivity contribution in [3.05, 3.63) is 30.0 Å². The molecule has 2 heterocycles. The third-order valence-electron chi connectivity index (χ3n) is 3.96. The molecule has 1 N–H and O–H groups in total. The summed E-state index contributed by atoms with van der Waals surface area (Å²) in [5, 5.41) is 4.78. The van der Waals surface area contributed by atoms with Crippen LogP contribution in [0.4, 0.5) is 0 Å². The van der Waals surface area contributed by atoms with Gasteiger partial charge in [-0.1, -0.05) is 6.07 Å². The molecule has 1 saturated heterocycles. The number of aromatic nitrogens is 1. The van der Waals surface area contributed by atoms with Gasteiger partial charge >= 0.3 is 0 Å². The number of benzene rings is 1. The Kier molecular flexibility index (Phi) is 3.00. The van der Waals surface area contributed by atoms with Crippen LogP contribution in [0.25, 0.3) is 10.9 Å². The quantitative estimate of drug-likeness (QED) is 0.879. The summed E-state index contributed by atoms with van der Waals surface area (Å²) in [5.74, 6) is 1.60. The highest BCUT2D eigenvalue weighted by Gasteiger charge is 2.21. The second kappa shape index (κ2) is 4.65. The third kappa shape index (κ3) is 1.79. The van der Waals surface area contributed by atoms with Gasteiger partial charge in [-0.15, -0.1) is 0 Å². The first kappa shape index (κ1) is 11.6. The van der Waals surface area contributed by atoms with E-state index >= 15 is 0 Å². The summed E-state index contributed by atoms with van der Waals surface area (Å²) < 4.78 is 7.75. The van der Waals surface area contributed by atoms with Crippen molar-refractivity contribution in [1.82, 2.24) is 9.88 Å². The fourth-order valence-electron chi connectivity index (χ4n) is 3.04. The van der Waals surface area contributed by atoms with E-state index in [-0.39, 0.29) is 0 Å². The van der Waals surface area contributed by atoms with Crippen LogP contribution in [0.1, 0.15) is 24.3 Å². The summed E-state index contributed by atoms with van der Waals surface area (Å²) in [5.41, 5.74) is 2.69. The van der Waals surface area contributed by atoms with Gasteiger partial charge in [0, 0.05) is 25.2 Å². The molecule has 3 heteroatoms. The predicted octanol–water partition coefficient (Wildman–Crippen LogP) is 2.65. The minimum Gasteiger partial charge on any atom is -0.496 e. The number of rotatable bonds is 2. The van der Waals surface area contributed by atoms with Crippen molar-refractivity contribution >= 4 is 10.9 Å². The number of aryl methyl sites for hydroxylation is 1. The molecule has 2 aromatic rings. The summed E-state index contributed by atoms with van der Waals surface area (Å²) in [6, 6.07) is 6.28. The van der Waals surface area contributed by atoms with Crippen LogP contribution in [0.15, 0.2) is 24.4 Å². The molecule has 0 saturated carbocycles. The summed E-state index contributed by atoms with van der Waals surface area (Å²) in [4.78, 5) is 0. The van der Waals surface area contributed by atoms with Crippen LogP contribution in [0.3, 0.4) is 0 Å². The summed E-state index contributed by atoms with van der Waals surface area (Å²) in [7, 11) is 3.87. The lowest BCUT2D eigenvalue weighted by Crippen LogP contribution is -2.28. The number of nitrogens with zero attached hydrogens (tertiary/aromatic N) is 1. The molecule has 1 aromatic heterocycles. The lowest BCUT2D eigenvalue weighted by Gasteiger charge is -2.22. The fraction of sp³-hybridized carbons (Fsp3) is 0.467. The molecule has 3 rings (SSSR count). The first-order valence-electron chi connectivity index (χ1n) is 6.64. The molecule has 1 unspecified atom stereocenters. The zero-order valence-electron chi connectivity index (χ0n) is 11.1. The Bertz CT molecular complexity index is 553. The zero-order chi connectivity index (χ0) is 12.5. The summed E-state index contributed by atoms with van der Waals surface area (Å²) in [6.07, 6.45) is 4.80. The van der Waals surface area contributed by atoms with Crippen molar-refractivity contribution in [1.29, 1.82) is 0 Å². The number of hydrogen-bond donors (Lipinski definition) is 1. The fourth-order valence-corrected chi connectivity index (χ4v) is 3.04. The maximum atomic E-state index is 5.54. The van der Waals surface area contributed by atoms with E-state index in [0.29, 0.717) is 5.92 Å². The lowest BCUT2D eigenvalue weighted by molar-refractivity contribution is 0.418. The number of nitrogens with one attached hydrogen (secondary N) is 1. The second-order valence-corrected chi connectivity index (χ2v) is 5.09. The minimum atomic E-state index is 0.610. The first-order chi connectivity index (χ1) is 8.81. The predicted molar refractivity (Wildman–Crippen MR) is 74.3 cm³/mol. The van der Waals surface area contributed by atoms with Crippen molar-refractivity contribution in [2.75, 3.05) is 20.2 Å². The summed E-state index contributed by atoms with van der Waals surface area (Å²) >= 11 is 0. The number of fused-ring (bicyclic) bond motifs is 1. The first-order valence-corrected chi connectivity index (χ1v) is 6.64. The number of hydrogen-bond acceptors (Lipinski definition) is 2. The average Bonchev–Trinajstić information content (AvgIpc) is 2.77. The number of ether oxygens (including phenoxy) is 1. The smallest absolute Gasteiger partial charge is 0.128 e. The van der Waals surface area contributed by atoms with Gasteiger partial charge in [0.05, 0.1) is 12.6 Å². The van der Waals surface area contributed by atoms with Crippen molar-refractivity contribution in [2.45, 2.75) is 18.8 Å². The largest absolute Gasteiger partial charge is 0.496 e. The van der Waals surface area contributed by atoms with Gasteiger partial charge in [-0.05, 0) is 43.0 Å². The molecule has 0 radical (unpaired) electrons. The molecule has 1 atom stereocenters. The minimum absolute atomic E-state index is 0.610. The lowest BCUT2D eigenvalue weighted by atomic mass is 9.91. The normalized spacial score (nSPS) is 20.2. The Morgan fingerprint density at radius 1 is 1.39 bits per heavy atom. The van der Waals surface area contributed by atoms with Gasteiger partial charge in [-0.25, -0.2) is 0 Å². The van der Waals surface area contributed by atoms with Crippen LogP contribution in [0, 0.1) is 0 Å². The molecule has 18 heavy (non-hydrogen) atoms. The monoisotopic (exact) mass is 244 g/mol. The average molecular weight is 244 g/mol. The number of methoxy groups -OCH3 is 1. The van der Waals surface area contributed by atoms with E-state index in [4.69, 9.17) is 4.74 Å². The van der Waals surface area contributed by atoms with Gasteiger partial charge in [-0.2, -0.15) is 0 Å². The Morgan fingerprint density at radius 2 is 2.28 bits per heavy atom. The molecule has 1 aromatic carbocycles. The van der Waals surface area contributed by atoms with E-state index < -0.39 is 0 Å². The topological polar surface area (TPSA) is 26.2 Å². The van der Waals surface area contributed by atoms with Gasteiger partial charge in [0.15, 0.2) is 0 Å². The van der Waals surface area contributed by atoms with Gasteiger partial charge in [0.2, 0.25) is 0 Å². The molecule has 0 amide bonds. The standard InChI is InChI=1S/C15H20N2O/c1-17-10-12(11-5-4-8-16-9-11)15-13(17)6-3-7-14(15)18-2/h3,6-7,10-11,16H,4-5,8-9H2,1-2H3. The van der Waals surface area contributed by atoms with E-state index in [1.54, 1.807) is 7.11 Å². The van der Waals surface area contributed by atoms with Crippen molar-refractivity contribution in [2.24, 2.45) is 7.05 Å². The maximum Gasteiger partial charge on any atom is 0.128 e. The van der Waals surface area contributed by atoms with Crippen molar-refractivity contribution < 1.29 is 4.74 Å². The van der Waals surface area contributed by atoms with Crippen LogP contribution >= 0.6 is 0 Å². The van der Waals surface area contributed by atoms with Gasteiger partial charge in [0.1, 0.15) is 5.75 Å². The van der Waals surface area contributed by atoms with Crippen molar-refractivity contribution in [3.8, 4) is 5.75 Å². The van der Waals surface area contributed by atoms with E-state index in [0.717, 1.165) is 18.8 Å². The molecule has 0 aliphatic carbocycles. The van der Waals surface area contributed by atoms with Gasteiger partial charge < -0.3 is 14.6 Å². The van der Waals surface area contributed by atoms with Crippen LogP contribution < -0.4 is 10.1 Å². The Labute approximate surface area is 108 Å². The van der Waals surface area contributed by atoms with E-state index in [1.807, 2.05) is 0 Å². The highest BCUT2D eigenvalue weighted by atomic mass is 16.5. The molecule has 3 nitrogen and oxygen atoms in total. The second-order valence-electron chi connectivity index (χ2n) is 5.09. The maximum absolute atomic E-state index is 5.54. The number of piperidine rings is 1. The van der Waals surface area contributed by atoms with E-state index in [2.05, 4.69) is 41.3 Å². The van der Waals surface area contributed by atoms with E-state index in [9.17, 15) is 0 Å². The molecular weight excluding hydrogens is 224 g/mol. The summed E-state index contributed by atoms with van der Waals surface area (Å²) in [6.45, 7) is 2.23. The van der Waals surface area contributed by atoms with Crippen LogP contribution in [0.5, 0.6) is 5.75 Å². The highest BCUT2D eigenvalue weighted by Crippen LogP contribution is 2.36. The Morgan fingerprint density at radius 3 is 3.00 bits per heavy atom. The Balaban J connectivity index is 2.15. The SMILES string of the molecule is COc1cccc2c1c(C1CCCNC1)cn2C. The van der Waals surface area contributed by atoms with Gasteiger partial charge in [0.25, 0.3) is 0 Å². The Hall–Kier alpha value is -1.48. The highest BCUT2D eigenvalue weighted by molar-refractivity contribution is 5.90. The van der Waals surface area contributed by atoms with Crippen LogP contribution in [-0.4, -0.2) is 24.8 Å². The molecule has 96 valence electrons. The molecular formula is C15H20N2O. The molecule has 0 spiro atoms. The molecule has 1 fully saturated rings. The van der Waals surface area contributed by atoms with Gasteiger partial charge in [-0.3, -0.25) is 0 Å². The van der Waals surface area contributed by atoms with E-state index in [1.165, 1.54) is 29.3 Å². The molecule has 1 aliphatic heterocycles. The molecule has 0 bridgehead atoms. The molecule has 1 aliphatic rings. The zero-order valence-corrected chi connectivity index (χ0v) is 11.1.